The maximum Gasteiger partial charge on any atom is 0.342 e. The summed E-state index contributed by atoms with van der Waals surface area (Å²) < 4.78 is 5.89. The molecule has 1 aromatic heterocycles. The molecule has 5 heteroatoms. The van der Waals surface area contributed by atoms with Crippen LogP contribution in [0.4, 0.5) is 0 Å². The Morgan fingerprint density at radius 3 is 2.20 bits per heavy atom. The number of quaternary nitrogens is 1. The summed E-state index contributed by atoms with van der Waals surface area (Å²) in [5.41, 5.74) is 0.440. The Bertz CT molecular complexity index is 464. The molecule has 0 bridgehead atoms. The first kappa shape index (κ1) is 16.3. The van der Waals surface area contributed by atoms with E-state index in [1.54, 1.807) is 12.1 Å². The molecule has 0 aromatic carbocycles. The third-order valence-corrected chi connectivity index (χ3v) is 3.04. The van der Waals surface area contributed by atoms with Gasteiger partial charge in [0.1, 0.15) is 5.78 Å². The van der Waals surface area contributed by atoms with E-state index >= 15 is 0 Å². The zero-order valence-corrected chi connectivity index (χ0v) is 12.8. The van der Waals surface area contributed by atoms with Crippen LogP contribution in [0.3, 0.4) is 0 Å². The smallest absolute Gasteiger partial charge is 0.342 e. The van der Waals surface area contributed by atoms with Crippen molar-refractivity contribution in [3.05, 3.63) is 30.1 Å². The molecule has 0 saturated carbocycles. The van der Waals surface area contributed by atoms with Gasteiger partial charge >= 0.3 is 5.97 Å². The molecule has 0 N–H and O–H groups in total. The van der Waals surface area contributed by atoms with Crippen LogP contribution in [0.5, 0.6) is 0 Å². The van der Waals surface area contributed by atoms with E-state index in [0.717, 1.165) is 0 Å². The van der Waals surface area contributed by atoms with Gasteiger partial charge in [0.25, 0.3) is 0 Å². The van der Waals surface area contributed by atoms with Crippen LogP contribution >= 0.6 is 0 Å². The lowest BCUT2D eigenvalue weighted by atomic mass is 10.0. The highest BCUT2D eigenvalue weighted by atomic mass is 16.6. The fourth-order valence-corrected chi connectivity index (χ4v) is 1.56. The Kier molecular flexibility index (Phi) is 5.39. The molecule has 20 heavy (non-hydrogen) atoms. The number of rotatable bonds is 6. The predicted molar refractivity (Wildman–Crippen MR) is 75.9 cm³/mol. The highest BCUT2D eigenvalue weighted by molar-refractivity contribution is 5.89. The average Bonchev–Trinajstić information content (AvgIpc) is 2.37. The number of ketones is 1. The van der Waals surface area contributed by atoms with Crippen molar-refractivity contribution in [1.29, 1.82) is 0 Å². The van der Waals surface area contributed by atoms with Crippen LogP contribution in [0, 0.1) is 5.92 Å². The second-order valence-electron chi connectivity index (χ2n) is 6.04. The highest BCUT2D eigenvalue weighted by Crippen LogP contribution is 2.15. The van der Waals surface area contributed by atoms with E-state index in [-0.39, 0.29) is 18.1 Å². The number of ether oxygens (including phenoxy) is 1. The molecule has 0 fully saturated rings. The van der Waals surface area contributed by atoms with E-state index in [0.29, 0.717) is 10.0 Å². The van der Waals surface area contributed by atoms with Crippen LogP contribution in [0.1, 0.15) is 30.6 Å². The van der Waals surface area contributed by atoms with Crippen molar-refractivity contribution < 1.29 is 18.8 Å². The molecule has 1 rings (SSSR count). The van der Waals surface area contributed by atoms with Gasteiger partial charge in [-0.3, -0.25) is 14.3 Å². The van der Waals surface area contributed by atoms with E-state index in [1.165, 1.54) is 12.4 Å². The number of Topliss-reactive ketones (excluding diaryl/α,β-unsaturated/α-hetero) is 1. The molecule has 0 aliphatic carbocycles. The van der Waals surface area contributed by atoms with Gasteiger partial charge in [0.05, 0.1) is 33.1 Å². The van der Waals surface area contributed by atoms with Gasteiger partial charge in [-0.25, -0.2) is 4.79 Å². The van der Waals surface area contributed by atoms with Gasteiger partial charge in [0.2, 0.25) is 6.23 Å². The van der Waals surface area contributed by atoms with E-state index < -0.39 is 12.2 Å². The molecule has 1 aromatic rings. The monoisotopic (exact) mass is 279 g/mol. The second kappa shape index (κ2) is 6.61. The van der Waals surface area contributed by atoms with Gasteiger partial charge < -0.3 is 4.74 Å². The topological polar surface area (TPSA) is 56.3 Å². The summed E-state index contributed by atoms with van der Waals surface area (Å²) in [6, 6.07) is 3.19. The number of nitrogens with zero attached hydrogens (tertiary/aromatic N) is 2. The summed E-state index contributed by atoms with van der Waals surface area (Å²) in [4.78, 5) is 27.8. The van der Waals surface area contributed by atoms with E-state index in [2.05, 4.69) is 4.98 Å². The molecule has 0 spiro atoms. The lowest BCUT2D eigenvalue weighted by Gasteiger charge is -2.33. The van der Waals surface area contributed by atoms with Crippen molar-refractivity contribution in [2.75, 3.05) is 21.1 Å². The molecule has 5 nitrogen and oxygen atoms in total. The second-order valence-corrected chi connectivity index (χ2v) is 6.04. The summed E-state index contributed by atoms with van der Waals surface area (Å²) in [6.45, 7) is 3.69. The van der Waals surface area contributed by atoms with Gasteiger partial charge in [-0.05, 0) is 12.1 Å². The fourth-order valence-electron chi connectivity index (χ4n) is 1.56. The SMILES string of the molecule is CC(C)C(=O)CC(OC(=O)c1ccncc1)[N+](C)(C)C. The standard InChI is InChI=1S/C15H23N2O3/c1-11(2)13(18)10-14(17(3,4)5)20-15(19)12-6-8-16-9-7-12/h6-9,11,14H,10H2,1-5H3/q+1. The predicted octanol–water partition coefficient (Wildman–Crippen LogP) is 1.89. The molecule has 0 amide bonds. The van der Waals surface area contributed by atoms with Gasteiger partial charge in [0.15, 0.2) is 0 Å². The minimum Gasteiger partial charge on any atom is -0.408 e. The number of hydrogen-bond donors (Lipinski definition) is 0. The molecule has 0 saturated heterocycles. The Hall–Kier alpha value is -1.75. The number of aromatic nitrogens is 1. The van der Waals surface area contributed by atoms with Crippen LogP contribution in [-0.2, 0) is 9.53 Å². The van der Waals surface area contributed by atoms with Crippen molar-refractivity contribution in [3.63, 3.8) is 0 Å². The van der Waals surface area contributed by atoms with Crippen molar-refractivity contribution >= 4 is 11.8 Å². The van der Waals surface area contributed by atoms with Gasteiger partial charge in [-0.15, -0.1) is 0 Å². The lowest BCUT2D eigenvalue weighted by molar-refractivity contribution is -0.915. The summed E-state index contributed by atoms with van der Waals surface area (Å²) >= 11 is 0. The molecule has 110 valence electrons. The Morgan fingerprint density at radius 2 is 1.75 bits per heavy atom. The Morgan fingerprint density at radius 1 is 1.20 bits per heavy atom. The van der Waals surface area contributed by atoms with Gasteiger partial charge in [-0.1, -0.05) is 13.8 Å². The Balaban J connectivity index is 2.81. The fraction of sp³-hybridized carbons (Fsp3) is 0.533. The zero-order valence-electron chi connectivity index (χ0n) is 12.8. The van der Waals surface area contributed by atoms with E-state index in [4.69, 9.17) is 4.74 Å². The van der Waals surface area contributed by atoms with Crippen LogP contribution in [0.2, 0.25) is 0 Å². The van der Waals surface area contributed by atoms with Crippen molar-refractivity contribution in [2.45, 2.75) is 26.5 Å². The lowest BCUT2D eigenvalue weighted by Crippen LogP contribution is -2.49. The number of esters is 1. The minimum atomic E-state index is -0.495. The summed E-state index contributed by atoms with van der Waals surface area (Å²) in [6.07, 6.45) is 2.80. The van der Waals surface area contributed by atoms with Crippen LogP contribution in [-0.4, -0.2) is 48.6 Å². The molecule has 0 aliphatic rings. The quantitative estimate of drug-likeness (QED) is 0.453. The number of pyridine rings is 1. The van der Waals surface area contributed by atoms with Crippen molar-refractivity contribution in [3.8, 4) is 0 Å². The average molecular weight is 279 g/mol. The number of carbonyl (C=O) groups is 2. The Labute approximate surface area is 120 Å². The molecule has 1 heterocycles. The first-order valence-electron chi connectivity index (χ1n) is 6.66. The van der Waals surface area contributed by atoms with E-state index in [1.807, 2.05) is 35.0 Å². The largest absolute Gasteiger partial charge is 0.408 e. The molecule has 1 atom stereocenters. The normalized spacial score (nSPS) is 13.1. The summed E-state index contributed by atoms with van der Waals surface area (Å²) in [5.74, 6) is -0.406. The molecule has 1 unspecified atom stereocenters. The molecule has 0 aliphatic heterocycles. The first-order chi connectivity index (χ1) is 9.21. The maximum absolute atomic E-state index is 12.1. The van der Waals surface area contributed by atoms with Crippen LogP contribution < -0.4 is 0 Å². The van der Waals surface area contributed by atoms with E-state index in [9.17, 15) is 9.59 Å². The minimum absolute atomic E-state index is 0.0660. The third-order valence-electron chi connectivity index (χ3n) is 3.04. The van der Waals surface area contributed by atoms with Gasteiger partial charge in [0, 0.05) is 18.3 Å². The van der Waals surface area contributed by atoms with Crippen molar-refractivity contribution in [1.82, 2.24) is 4.98 Å². The highest BCUT2D eigenvalue weighted by Gasteiger charge is 2.31. The molecular weight excluding hydrogens is 256 g/mol. The number of carbonyl (C=O) groups excluding carboxylic acids is 2. The van der Waals surface area contributed by atoms with Crippen molar-refractivity contribution in [2.24, 2.45) is 5.92 Å². The zero-order chi connectivity index (χ0) is 15.3. The molecular formula is C15H23N2O3+. The maximum atomic E-state index is 12.1. The third kappa shape index (κ3) is 4.74. The van der Waals surface area contributed by atoms with Gasteiger partial charge in [-0.2, -0.15) is 0 Å². The molecule has 0 radical (unpaired) electrons. The summed E-state index contributed by atoms with van der Waals surface area (Å²) in [7, 11) is 5.70. The van der Waals surface area contributed by atoms with Crippen LogP contribution in [0.25, 0.3) is 0 Å². The first-order valence-corrected chi connectivity index (χ1v) is 6.66. The summed E-state index contributed by atoms with van der Waals surface area (Å²) in [5, 5.41) is 0. The number of hydrogen-bond acceptors (Lipinski definition) is 4. The van der Waals surface area contributed by atoms with Crippen LogP contribution in [0.15, 0.2) is 24.5 Å².